The van der Waals surface area contributed by atoms with Gasteiger partial charge in [0.2, 0.25) is 0 Å². The van der Waals surface area contributed by atoms with Crippen LogP contribution in [0.1, 0.15) is 5.56 Å². The first-order valence-electron chi connectivity index (χ1n) is 8.90. The van der Waals surface area contributed by atoms with Crippen LogP contribution in [0.5, 0.6) is 11.5 Å². The summed E-state index contributed by atoms with van der Waals surface area (Å²) in [4.78, 5) is 13.6. The molecular formula is C22H25N2O3+. The predicted molar refractivity (Wildman–Crippen MR) is 108 cm³/mol. The Balaban J connectivity index is 1.63. The van der Waals surface area contributed by atoms with Gasteiger partial charge >= 0.3 is 0 Å². The van der Waals surface area contributed by atoms with Crippen molar-refractivity contribution >= 4 is 22.4 Å². The van der Waals surface area contributed by atoms with Crippen molar-refractivity contribution in [2.75, 3.05) is 33.1 Å². The fourth-order valence-corrected chi connectivity index (χ4v) is 3.14. The van der Waals surface area contributed by atoms with Crippen molar-refractivity contribution in [3.05, 3.63) is 66.2 Å². The van der Waals surface area contributed by atoms with E-state index in [1.165, 1.54) is 16.3 Å². The molecule has 3 rings (SSSR count). The quantitative estimate of drug-likeness (QED) is 0.676. The second kappa shape index (κ2) is 8.56. The van der Waals surface area contributed by atoms with Crippen LogP contribution in [0.3, 0.4) is 0 Å². The number of fused-ring (bicyclic) bond motifs is 1. The normalized spacial score (nSPS) is 11.8. The molecule has 3 aromatic carbocycles. The fraction of sp³-hybridized carbons (Fsp3) is 0.227. The third-order valence-corrected chi connectivity index (χ3v) is 4.46. The highest BCUT2D eigenvalue weighted by Gasteiger charge is 2.14. The molecule has 1 amide bonds. The number of anilines is 1. The lowest BCUT2D eigenvalue weighted by Gasteiger charge is -2.16. The van der Waals surface area contributed by atoms with Crippen molar-refractivity contribution in [1.29, 1.82) is 0 Å². The number of amides is 1. The minimum absolute atomic E-state index is 0.0696. The van der Waals surface area contributed by atoms with Gasteiger partial charge in [0.1, 0.15) is 18.0 Å². The third kappa shape index (κ3) is 4.77. The molecule has 0 saturated carbocycles. The Morgan fingerprint density at radius 3 is 2.48 bits per heavy atom. The number of carbonyl (C=O) groups excluding carboxylic acids is 1. The molecule has 0 heterocycles. The third-order valence-electron chi connectivity index (χ3n) is 4.46. The van der Waals surface area contributed by atoms with Gasteiger partial charge in [-0.25, -0.2) is 0 Å². The molecule has 2 N–H and O–H groups in total. The predicted octanol–water partition coefficient (Wildman–Crippen LogP) is 2.51. The molecule has 5 nitrogen and oxygen atoms in total. The van der Waals surface area contributed by atoms with E-state index in [0.717, 1.165) is 11.4 Å². The SMILES string of the molecule is COc1ccc(OC)c(NC(=O)C[NH+](C)Cc2ccc3ccccc3c2)c1. The number of benzene rings is 3. The van der Waals surface area contributed by atoms with E-state index in [2.05, 4.69) is 35.6 Å². The maximum absolute atomic E-state index is 12.5. The molecule has 0 fully saturated rings. The molecule has 5 heteroatoms. The lowest BCUT2D eigenvalue weighted by atomic mass is 10.1. The van der Waals surface area contributed by atoms with E-state index in [4.69, 9.17) is 9.47 Å². The van der Waals surface area contributed by atoms with Crippen LogP contribution in [0.15, 0.2) is 60.7 Å². The molecule has 27 heavy (non-hydrogen) atoms. The largest absolute Gasteiger partial charge is 0.497 e. The van der Waals surface area contributed by atoms with Gasteiger partial charge in [-0.05, 0) is 29.0 Å². The number of hydrogen-bond acceptors (Lipinski definition) is 3. The van der Waals surface area contributed by atoms with Crippen LogP contribution in [0.2, 0.25) is 0 Å². The van der Waals surface area contributed by atoms with Crippen LogP contribution in [0.25, 0.3) is 10.8 Å². The summed E-state index contributed by atoms with van der Waals surface area (Å²) in [6.07, 6.45) is 0. The molecule has 1 atom stereocenters. The van der Waals surface area contributed by atoms with Gasteiger partial charge in [0, 0.05) is 11.6 Å². The molecule has 140 valence electrons. The smallest absolute Gasteiger partial charge is 0.279 e. The Morgan fingerprint density at radius 2 is 1.74 bits per heavy atom. The molecule has 0 aromatic heterocycles. The number of methoxy groups -OCH3 is 2. The zero-order chi connectivity index (χ0) is 19.2. The first-order chi connectivity index (χ1) is 13.1. The van der Waals surface area contributed by atoms with Crippen molar-refractivity contribution in [3.8, 4) is 11.5 Å². The number of likely N-dealkylation sites (N-methyl/N-ethyl adjacent to an activating group) is 1. The number of ether oxygens (including phenoxy) is 2. The Kier molecular flexibility index (Phi) is 5.94. The molecule has 1 unspecified atom stereocenters. The van der Waals surface area contributed by atoms with E-state index >= 15 is 0 Å². The minimum Gasteiger partial charge on any atom is -0.497 e. The van der Waals surface area contributed by atoms with Crippen molar-refractivity contribution in [2.45, 2.75) is 6.54 Å². The van der Waals surface area contributed by atoms with Crippen molar-refractivity contribution in [1.82, 2.24) is 0 Å². The summed E-state index contributed by atoms with van der Waals surface area (Å²) < 4.78 is 10.5. The molecule has 0 aliphatic heterocycles. The molecular weight excluding hydrogens is 340 g/mol. The van der Waals surface area contributed by atoms with Gasteiger partial charge in [-0.2, -0.15) is 0 Å². The van der Waals surface area contributed by atoms with Crippen LogP contribution < -0.4 is 19.7 Å². The summed E-state index contributed by atoms with van der Waals surface area (Å²) in [5.41, 5.74) is 1.82. The monoisotopic (exact) mass is 365 g/mol. The van der Waals surface area contributed by atoms with Crippen molar-refractivity contribution in [3.63, 3.8) is 0 Å². The lowest BCUT2D eigenvalue weighted by Crippen LogP contribution is -3.08. The Hall–Kier alpha value is -3.05. The average Bonchev–Trinajstić information content (AvgIpc) is 2.67. The van der Waals surface area contributed by atoms with Gasteiger partial charge in [-0.1, -0.05) is 36.4 Å². The number of nitrogens with one attached hydrogen (secondary N) is 2. The zero-order valence-corrected chi connectivity index (χ0v) is 15.9. The van der Waals surface area contributed by atoms with Crippen LogP contribution in [-0.4, -0.2) is 33.7 Å². The van der Waals surface area contributed by atoms with Gasteiger partial charge in [0.25, 0.3) is 5.91 Å². The molecule has 0 spiro atoms. The van der Waals surface area contributed by atoms with Crippen LogP contribution in [0.4, 0.5) is 5.69 Å². The van der Waals surface area contributed by atoms with E-state index in [1.54, 1.807) is 32.4 Å². The molecule has 3 aromatic rings. The number of quaternary nitrogens is 1. The van der Waals surface area contributed by atoms with E-state index in [1.807, 2.05) is 19.2 Å². The van der Waals surface area contributed by atoms with E-state index in [0.29, 0.717) is 23.7 Å². The summed E-state index contributed by atoms with van der Waals surface area (Å²) >= 11 is 0. The first-order valence-corrected chi connectivity index (χ1v) is 8.90. The number of hydrogen-bond donors (Lipinski definition) is 2. The maximum Gasteiger partial charge on any atom is 0.279 e. The second-order valence-corrected chi connectivity index (χ2v) is 6.61. The second-order valence-electron chi connectivity index (χ2n) is 6.61. The van der Waals surface area contributed by atoms with Gasteiger partial charge in [0.05, 0.1) is 27.0 Å². The highest BCUT2D eigenvalue weighted by molar-refractivity contribution is 5.93. The summed E-state index contributed by atoms with van der Waals surface area (Å²) in [6, 6.07) is 20.0. The summed E-state index contributed by atoms with van der Waals surface area (Å²) in [7, 11) is 5.18. The van der Waals surface area contributed by atoms with E-state index in [-0.39, 0.29) is 5.91 Å². The molecule has 0 saturated heterocycles. The highest BCUT2D eigenvalue weighted by atomic mass is 16.5. The zero-order valence-electron chi connectivity index (χ0n) is 15.9. The average molecular weight is 365 g/mol. The minimum atomic E-state index is -0.0696. The maximum atomic E-state index is 12.5. The van der Waals surface area contributed by atoms with Crippen molar-refractivity contribution < 1.29 is 19.2 Å². The lowest BCUT2D eigenvalue weighted by molar-refractivity contribution is -0.885. The van der Waals surface area contributed by atoms with Gasteiger partial charge in [-0.15, -0.1) is 0 Å². The number of rotatable bonds is 7. The summed E-state index contributed by atoms with van der Waals surface area (Å²) in [6.45, 7) is 1.13. The number of carbonyl (C=O) groups is 1. The Morgan fingerprint density at radius 1 is 0.963 bits per heavy atom. The molecule has 0 radical (unpaired) electrons. The van der Waals surface area contributed by atoms with Crippen LogP contribution in [0, 0.1) is 0 Å². The molecule has 0 bridgehead atoms. The topological polar surface area (TPSA) is 52.0 Å². The molecule has 0 aliphatic carbocycles. The Labute approximate surface area is 159 Å². The summed E-state index contributed by atoms with van der Waals surface area (Å²) in [5.74, 6) is 1.21. The highest BCUT2D eigenvalue weighted by Crippen LogP contribution is 2.28. The fourth-order valence-electron chi connectivity index (χ4n) is 3.14. The van der Waals surface area contributed by atoms with Crippen LogP contribution in [-0.2, 0) is 11.3 Å². The first kappa shape index (κ1) is 18.7. The van der Waals surface area contributed by atoms with E-state index < -0.39 is 0 Å². The van der Waals surface area contributed by atoms with Gasteiger partial charge in [-0.3, -0.25) is 4.79 Å². The van der Waals surface area contributed by atoms with Gasteiger partial charge < -0.3 is 19.7 Å². The van der Waals surface area contributed by atoms with Crippen LogP contribution >= 0.6 is 0 Å². The van der Waals surface area contributed by atoms with E-state index in [9.17, 15) is 4.79 Å². The van der Waals surface area contributed by atoms with Crippen molar-refractivity contribution in [2.24, 2.45) is 0 Å². The standard InChI is InChI=1S/C22H24N2O3/c1-24(14-16-8-9-17-6-4-5-7-18(17)12-16)15-22(25)23-20-13-19(26-2)10-11-21(20)27-3/h4-13H,14-15H2,1-3H3,(H,23,25)/p+1. The summed E-state index contributed by atoms with van der Waals surface area (Å²) in [5, 5.41) is 5.36. The van der Waals surface area contributed by atoms with Gasteiger partial charge in [0.15, 0.2) is 6.54 Å². The molecule has 0 aliphatic rings. The Bertz CT molecular complexity index is 940.